The molecule has 1 aromatic heterocycles. The highest BCUT2D eigenvalue weighted by Gasteiger charge is 2.13. The van der Waals surface area contributed by atoms with Gasteiger partial charge in [-0.15, -0.1) is 0 Å². The van der Waals surface area contributed by atoms with Gasteiger partial charge in [-0.3, -0.25) is 4.79 Å². The van der Waals surface area contributed by atoms with Crippen molar-refractivity contribution in [2.45, 2.75) is 39.7 Å². The fraction of sp³-hybridized carbons (Fsp3) is 0.400. The number of unbranched alkanes of at least 4 members (excludes halogenated alkanes) is 1. The number of para-hydroxylation sites is 1. The average Bonchev–Trinajstić information content (AvgIpc) is 2.39. The van der Waals surface area contributed by atoms with E-state index in [2.05, 4.69) is 6.92 Å². The number of rotatable bonds is 4. The van der Waals surface area contributed by atoms with Crippen molar-refractivity contribution in [1.82, 2.24) is 4.57 Å². The minimum atomic E-state index is -0.0536. The van der Waals surface area contributed by atoms with Crippen LogP contribution in [0.4, 0.5) is 0 Å². The zero-order chi connectivity index (χ0) is 13.1. The summed E-state index contributed by atoms with van der Waals surface area (Å²) in [6, 6.07) is 7.54. The number of aromatic nitrogens is 1. The fourth-order valence-corrected chi connectivity index (χ4v) is 2.30. The molecule has 0 bridgehead atoms. The van der Waals surface area contributed by atoms with Crippen LogP contribution in [-0.4, -0.2) is 9.67 Å². The molecule has 1 heterocycles. The molecule has 0 atom stereocenters. The van der Waals surface area contributed by atoms with E-state index in [9.17, 15) is 9.90 Å². The van der Waals surface area contributed by atoms with Gasteiger partial charge >= 0.3 is 0 Å². The van der Waals surface area contributed by atoms with Crippen LogP contribution >= 0.6 is 0 Å². The number of fused-ring (bicyclic) bond motifs is 1. The van der Waals surface area contributed by atoms with Crippen molar-refractivity contribution in [1.29, 1.82) is 0 Å². The van der Waals surface area contributed by atoms with Gasteiger partial charge in [0.1, 0.15) is 5.75 Å². The number of hydrogen-bond acceptors (Lipinski definition) is 2. The summed E-state index contributed by atoms with van der Waals surface area (Å²) in [6.45, 7) is 4.72. The Labute approximate surface area is 107 Å². The van der Waals surface area contributed by atoms with Crippen LogP contribution in [-0.2, 0) is 13.0 Å². The van der Waals surface area contributed by atoms with E-state index >= 15 is 0 Å². The van der Waals surface area contributed by atoms with Gasteiger partial charge < -0.3 is 9.67 Å². The first kappa shape index (κ1) is 12.7. The first-order valence-corrected chi connectivity index (χ1v) is 6.54. The summed E-state index contributed by atoms with van der Waals surface area (Å²) in [7, 11) is 0. The normalized spacial score (nSPS) is 11.0. The lowest BCUT2D eigenvalue weighted by molar-refractivity contribution is 0.470. The Balaban J connectivity index is 2.77. The topological polar surface area (TPSA) is 42.2 Å². The van der Waals surface area contributed by atoms with Crippen molar-refractivity contribution in [3.63, 3.8) is 0 Å². The number of hydrogen-bond donors (Lipinski definition) is 1. The van der Waals surface area contributed by atoms with Gasteiger partial charge in [-0.2, -0.15) is 0 Å². The van der Waals surface area contributed by atoms with Crippen molar-refractivity contribution in [3.8, 4) is 5.75 Å². The van der Waals surface area contributed by atoms with E-state index < -0.39 is 0 Å². The largest absolute Gasteiger partial charge is 0.507 e. The molecule has 1 aromatic carbocycles. The van der Waals surface area contributed by atoms with Crippen LogP contribution in [0, 0.1) is 0 Å². The van der Waals surface area contributed by atoms with Crippen molar-refractivity contribution < 1.29 is 5.11 Å². The van der Waals surface area contributed by atoms with E-state index in [-0.39, 0.29) is 11.3 Å². The summed E-state index contributed by atoms with van der Waals surface area (Å²) in [5, 5.41) is 10.9. The third kappa shape index (κ3) is 2.01. The Morgan fingerprint density at radius 2 is 1.94 bits per heavy atom. The number of pyridine rings is 1. The van der Waals surface area contributed by atoms with Gasteiger partial charge in [0.15, 0.2) is 0 Å². The predicted molar refractivity (Wildman–Crippen MR) is 74.2 cm³/mol. The molecule has 1 N–H and O–H groups in total. The minimum Gasteiger partial charge on any atom is -0.507 e. The number of aryl methyl sites for hydroxylation is 1. The van der Waals surface area contributed by atoms with Gasteiger partial charge in [-0.05, 0) is 25.0 Å². The van der Waals surface area contributed by atoms with E-state index in [1.54, 1.807) is 4.57 Å². The molecular formula is C15H19NO2. The molecule has 2 aromatic rings. The molecule has 0 saturated heterocycles. The predicted octanol–water partition coefficient (Wildman–Crippen LogP) is 3.07. The van der Waals surface area contributed by atoms with Gasteiger partial charge in [-0.1, -0.05) is 32.4 Å². The average molecular weight is 245 g/mol. The highest BCUT2D eigenvalue weighted by atomic mass is 16.3. The van der Waals surface area contributed by atoms with Crippen LogP contribution in [0.5, 0.6) is 5.75 Å². The van der Waals surface area contributed by atoms with Gasteiger partial charge in [0.2, 0.25) is 0 Å². The highest BCUT2D eigenvalue weighted by molar-refractivity contribution is 5.86. The zero-order valence-corrected chi connectivity index (χ0v) is 10.9. The summed E-state index contributed by atoms with van der Waals surface area (Å²) < 4.78 is 1.79. The third-order valence-electron chi connectivity index (χ3n) is 3.33. The Hall–Kier alpha value is -1.77. The molecule has 0 aliphatic carbocycles. The molecule has 0 spiro atoms. The van der Waals surface area contributed by atoms with E-state index in [1.807, 2.05) is 31.2 Å². The third-order valence-corrected chi connectivity index (χ3v) is 3.33. The standard InChI is InChI=1S/C15H19NO2/c1-3-5-10-16-13-9-7-6-8-12(13)14(17)11(4-2)15(16)18/h6-9,17H,3-5,10H2,1-2H3. The summed E-state index contributed by atoms with van der Waals surface area (Å²) >= 11 is 0. The van der Waals surface area contributed by atoms with Crippen molar-refractivity contribution in [2.75, 3.05) is 0 Å². The van der Waals surface area contributed by atoms with Crippen LogP contribution in [0.15, 0.2) is 29.1 Å². The highest BCUT2D eigenvalue weighted by Crippen LogP contribution is 2.26. The molecule has 0 aliphatic heterocycles. The maximum atomic E-state index is 12.3. The molecular weight excluding hydrogens is 226 g/mol. The maximum absolute atomic E-state index is 12.3. The first-order chi connectivity index (χ1) is 8.70. The molecule has 0 aliphatic rings. The van der Waals surface area contributed by atoms with Crippen LogP contribution in [0.2, 0.25) is 0 Å². The summed E-state index contributed by atoms with van der Waals surface area (Å²) in [5.74, 6) is 0.144. The van der Waals surface area contributed by atoms with Crippen LogP contribution in [0.3, 0.4) is 0 Å². The molecule has 0 amide bonds. The lowest BCUT2D eigenvalue weighted by Gasteiger charge is -2.13. The first-order valence-electron chi connectivity index (χ1n) is 6.54. The van der Waals surface area contributed by atoms with E-state index in [0.717, 1.165) is 23.7 Å². The molecule has 3 nitrogen and oxygen atoms in total. The zero-order valence-electron chi connectivity index (χ0n) is 10.9. The second kappa shape index (κ2) is 5.25. The molecule has 18 heavy (non-hydrogen) atoms. The SMILES string of the molecule is CCCCn1c(=O)c(CC)c(O)c2ccccc21. The molecule has 0 fully saturated rings. The van der Waals surface area contributed by atoms with E-state index in [4.69, 9.17) is 0 Å². The molecule has 96 valence electrons. The monoisotopic (exact) mass is 245 g/mol. The second-order valence-electron chi connectivity index (χ2n) is 4.51. The van der Waals surface area contributed by atoms with Crippen molar-refractivity contribution in [2.24, 2.45) is 0 Å². The molecule has 0 saturated carbocycles. The van der Waals surface area contributed by atoms with Gasteiger partial charge in [0.05, 0.1) is 11.1 Å². The van der Waals surface area contributed by atoms with Gasteiger partial charge in [0.25, 0.3) is 5.56 Å². The quantitative estimate of drug-likeness (QED) is 0.899. The molecule has 3 heteroatoms. The molecule has 0 radical (unpaired) electrons. The van der Waals surface area contributed by atoms with Gasteiger partial charge in [0, 0.05) is 11.9 Å². The number of benzene rings is 1. The second-order valence-corrected chi connectivity index (χ2v) is 4.51. The van der Waals surface area contributed by atoms with Gasteiger partial charge in [-0.25, -0.2) is 0 Å². The lowest BCUT2D eigenvalue weighted by Crippen LogP contribution is -2.24. The van der Waals surface area contributed by atoms with Crippen LogP contribution in [0.1, 0.15) is 32.3 Å². The van der Waals surface area contributed by atoms with E-state index in [1.165, 1.54) is 0 Å². The smallest absolute Gasteiger partial charge is 0.257 e. The lowest BCUT2D eigenvalue weighted by atomic mass is 10.1. The maximum Gasteiger partial charge on any atom is 0.257 e. The van der Waals surface area contributed by atoms with Crippen LogP contribution < -0.4 is 5.56 Å². The Bertz CT molecular complexity index is 614. The molecule has 2 rings (SSSR count). The van der Waals surface area contributed by atoms with E-state index in [0.29, 0.717) is 18.5 Å². The Kier molecular flexibility index (Phi) is 3.70. The minimum absolute atomic E-state index is 0.0536. The van der Waals surface area contributed by atoms with Crippen molar-refractivity contribution >= 4 is 10.9 Å². The molecule has 0 unspecified atom stereocenters. The number of nitrogens with zero attached hydrogens (tertiary/aromatic N) is 1. The number of aromatic hydroxyl groups is 1. The Morgan fingerprint density at radius 3 is 2.61 bits per heavy atom. The summed E-state index contributed by atoms with van der Waals surface area (Å²) in [5.41, 5.74) is 1.29. The van der Waals surface area contributed by atoms with Crippen LogP contribution in [0.25, 0.3) is 10.9 Å². The fourth-order valence-electron chi connectivity index (χ4n) is 2.30. The summed E-state index contributed by atoms with van der Waals surface area (Å²) in [4.78, 5) is 12.3. The Morgan fingerprint density at radius 1 is 1.22 bits per heavy atom. The van der Waals surface area contributed by atoms with Crippen molar-refractivity contribution in [3.05, 3.63) is 40.2 Å². The summed E-state index contributed by atoms with van der Waals surface area (Å²) in [6.07, 6.45) is 2.57.